The first-order chi connectivity index (χ1) is 8.79. The molecule has 1 aromatic heterocycles. The van der Waals surface area contributed by atoms with Crippen molar-refractivity contribution in [3.63, 3.8) is 0 Å². The highest BCUT2D eigenvalue weighted by atomic mass is 16.4. The number of rotatable bonds is 6. The molecule has 1 fully saturated rings. The van der Waals surface area contributed by atoms with Crippen molar-refractivity contribution in [3.8, 4) is 0 Å². The van der Waals surface area contributed by atoms with Crippen LogP contribution in [0, 0.1) is 5.92 Å². The lowest BCUT2D eigenvalue weighted by atomic mass is 9.89. The average molecular weight is 252 g/mol. The van der Waals surface area contributed by atoms with E-state index in [1.54, 1.807) is 0 Å². The highest BCUT2D eigenvalue weighted by Gasteiger charge is 2.18. The van der Waals surface area contributed by atoms with Crippen molar-refractivity contribution in [1.29, 1.82) is 0 Å². The van der Waals surface area contributed by atoms with Gasteiger partial charge >= 0.3 is 6.01 Å². The lowest BCUT2D eigenvalue weighted by Crippen LogP contribution is -2.27. The maximum absolute atomic E-state index is 5.63. The van der Waals surface area contributed by atoms with Crippen molar-refractivity contribution < 1.29 is 4.42 Å². The number of hydrogen-bond acceptors (Lipinski definition) is 5. The molecule has 1 aromatic rings. The van der Waals surface area contributed by atoms with E-state index in [0.29, 0.717) is 18.5 Å². The lowest BCUT2D eigenvalue weighted by molar-refractivity contribution is 0.354. The molecule has 18 heavy (non-hydrogen) atoms. The third-order valence-corrected chi connectivity index (χ3v) is 3.57. The van der Waals surface area contributed by atoms with E-state index in [1.165, 1.54) is 32.1 Å². The van der Waals surface area contributed by atoms with Crippen LogP contribution >= 0.6 is 0 Å². The predicted molar refractivity (Wildman–Crippen MR) is 71.5 cm³/mol. The number of nitrogens with one attached hydrogen (secondary N) is 1. The molecule has 0 bridgehead atoms. The molecular formula is C13H24N4O. The molecule has 0 aromatic carbocycles. The number of nitrogens with zero attached hydrogens (tertiary/aromatic N) is 3. The fraction of sp³-hybridized carbons (Fsp3) is 0.846. The van der Waals surface area contributed by atoms with Gasteiger partial charge in [0.15, 0.2) is 0 Å². The quantitative estimate of drug-likeness (QED) is 0.841. The molecule has 0 unspecified atom stereocenters. The maximum atomic E-state index is 5.63. The standard InChI is InChI=1S/C13H24N4O/c1-3-14-9-12-15-16-13(18-12)17(2)10-11-7-5-4-6-8-11/h11,14H,3-10H2,1-2H3. The van der Waals surface area contributed by atoms with Gasteiger partial charge in [-0.2, -0.15) is 0 Å². The summed E-state index contributed by atoms with van der Waals surface area (Å²) in [5, 5.41) is 11.3. The van der Waals surface area contributed by atoms with Crippen LogP contribution in [0.5, 0.6) is 0 Å². The Morgan fingerprint density at radius 2 is 2.06 bits per heavy atom. The van der Waals surface area contributed by atoms with Crippen molar-refractivity contribution in [2.24, 2.45) is 5.92 Å². The smallest absolute Gasteiger partial charge is 0.317 e. The molecule has 102 valence electrons. The molecule has 1 heterocycles. The Bertz CT molecular complexity index is 347. The van der Waals surface area contributed by atoms with Crippen molar-refractivity contribution in [2.45, 2.75) is 45.6 Å². The molecule has 1 aliphatic rings. The van der Waals surface area contributed by atoms with Crippen molar-refractivity contribution in [2.75, 3.05) is 25.0 Å². The molecule has 0 atom stereocenters. The summed E-state index contributed by atoms with van der Waals surface area (Å²) in [6.45, 7) is 4.66. The second kappa shape index (κ2) is 6.73. The summed E-state index contributed by atoms with van der Waals surface area (Å²) in [5.41, 5.74) is 0. The summed E-state index contributed by atoms with van der Waals surface area (Å²) in [6.07, 6.45) is 6.81. The zero-order valence-corrected chi connectivity index (χ0v) is 11.5. The molecular weight excluding hydrogens is 228 g/mol. The van der Waals surface area contributed by atoms with Gasteiger partial charge in [0.05, 0.1) is 6.54 Å². The molecule has 0 spiro atoms. The summed E-state index contributed by atoms with van der Waals surface area (Å²) >= 11 is 0. The molecule has 5 nitrogen and oxygen atoms in total. The minimum absolute atomic E-state index is 0.647. The molecule has 0 radical (unpaired) electrons. The number of anilines is 1. The Morgan fingerprint density at radius 3 is 2.78 bits per heavy atom. The fourth-order valence-electron chi connectivity index (χ4n) is 2.54. The highest BCUT2D eigenvalue weighted by Crippen LogP contribution is 2.25. The van der Waals surface area contributed by atoms with E-state index in [9.17, 15) is 0 Å². The Labute approximate surface area is 109 Å². The van der Waals surface area contributed by atoms with Crippen molar-refractivity contribution in [3.05, 3.63) is 5.89 Å². The minimum atomic E-state index is 0.647. The van der Waals surface area contributed by atoms with Crippen LogP contribution in [0.4, 0.5) is 6.01 Å². The SMILES string of the molecule is CCNCc1nnc(N(C)CC2CCCCC2)o1. The summed E-state index contributed by atoms with van der Waals surface area (Å²) < 4.78 is 5.63. The third kappa shape index (κ3) is 3.70. The third-order valence-electron chi connectivity index (χ3n) is 3.57. The molecule has 0 amide bonds. The molecule has 1 N–H and O–H groups in total. The first-order valence-electron chi connectivity index (χ1n) is 7.04. The minimum Gasteiger partial charge on any atom is -0.407 e. The topological polar surface area (TPSA) is 54.2 Å². The van der Waals surface area contributed by atoms with Crippen LogP contribution in [-0.4, -0.2) is 30.3 Å². The summed E-state index contributed by atoms with van der Waals surface area (Å²) in [7, 11) is 2.04. The monoisotopic (exact) mass is 252 g/mol. The molecule has 5 heteroatoms. The molecule has 0 saturated heterocycles. The van der Waals surface area contributed by atoms with Gasteiger partial charge in [-0.1, -0.05) is 31.3 Å². The van der Waals surface area contributed by atoms with E-state index in [-0.39, 0.29) is 0 Å². The Hall–Kier alpha value is -1.10. The van der Waals surface area contributed by atoms with E-state index < -0.39 is 0 Å². The summed E-state index contributed by atoms with van der Waals surface area (Å²) in [4.78, 5) is 2.10. The van der Waals surface area contributed by atoms with Gasteiger partial charge in [0.25, 0.3) is 0 Å². The van der Waals surface area contributed by atoms with Crippen LogP contribution in [0.2, 0.25) is 0 Å². The number of hydrogen-bond donors (Lipinski definition) is 1. The molecule has 0 aliphatic heterocycles. The van der Waals surface area contributed by atoms with Gasteiger partial charge in [-0.05, 0) is 25.3 Å². The fourth-order valence-corrected chi connectivity index (χ4v) is 2.54. The molecule has 1 saturated carbocycles. The molecule has 1 aliphatic carbocycles. The second-order valence-electron chi connectivity index (χ2n) is 5.14. The van der Waals surface area contributed by atoms with Gasteiger partial charge in [-0.15, -0.1) is 5.10 Å². The first kappa shape index (κ1) is 13.3. The summed E-state index contributed by atoms with van der Waals surface area (Å²) in [5.74, 6) is 1.45. The Morgan fingerprint density at radius 1 is 1.28 bits per heavy atom. The van der Waals surface area contributed by atoms with Crippen LogP contribution < -0.4 is 10.2 Å². The largest absolute Gasteiger partial charge is 0.407 e. The lowest BCUT2D eigenvalue weighted by Gasteiger charge is -2.25. The van der Waals surface area contributed by atoms with Crippen LogP contribution in [0.1, 0.15) is 44.9 Å². The first-order valence-corrected chi connectivity index (χ1v) is 7.04. The zero-order chi connectivity index (χ0) is 12.8. The van der Waals surface area contributed by atoms with E-state index in [0.717, 1.165) is 19.0 Å². The number of aromatic nitrogens is 2. The predicted octanol–water partition coefficient (Wildman–Crippen LogP) is 2.20. The van der Waals surface area contributed by atoms with Crippen molar-refractivity contribution in [1.82, 2.24) is 15.5 Å². The van der Waals surface area contributed by atoms with E-state index in [2.05, 4.69) is 27.3 Å². The van der Waals surface area contributed by atoms with Crippen LogP contribution in [-0.2, 0) is 6.54 Å². The Kier molecular flexibility index (Phi) is 4.99. The van der Waals surface area contributed by atoms with Crippen LogP contribution in [0.25, 0.3) is 0 Å². The van der Waals surface area contributed by atoms with Gasteiger partial charge in [-0.3, -0.25) is 0 Å². The van der Waals surface area contributed by atoms with Crippen molar-refractivity contribution >= 4 is 6.01 Å². The van der Waals surface area contributed by atoms with E-state index in [4.69, 9.17) is 4.42 Å². The van der Waals surface area contributed by atoms with E-state index in [1.807, 2.05) is 7.05 Å². The maximum Gasteiger partial charge on any atom is 0.317 e. The van der Waals surface area contributed by atoms with Crippen LogP contribution in [0.3, 0.4) is 0 Å². The average Bonchev–Trinajstić information content (AvgIpc) is 2.86. The molecule has 2 rings (SSSR count). The van der Waals surface area contributed by atoms with Crippen LogP contribution in [0.15, 0.2) is 4.42 Å². The van der Waals surface area contributed by atoms with Gasteiger partial charge in [0.1, 0.15) is 0 Å². The Balaban J connectivity index is 1.83. The van der Waals surface area contributed by atoms with E-state index >= 15 is 0 Å². The van der Waals surface area contributed by atoms with Gasteiger partial charge < -0.3 is 14.6 Å². The highest BCUT2D eigenvalue weighted by molar-refractivity contribution is 5.21. The van der Waals surface area contributed by atoms with Gasteiger partial charge in [0, 0.05) is 13.6 Å². The zero-order valence-electron chi connectivity index (χ0n) is 11.5. The summed E-state index contributed by atoms with van der Waals surface area (Å²) in [6, 6.07) is 0.647. The normalized spacial score (nSPS) is 17.0. The van der Waals surface area contributed by atoms with Gasteiger partial charge in [-0.25, -0.2) is 0 Å². The second-order valence-corrected chi connectivity index (χ2v) is 5.14. The van der Waals surface area contributed by atoms with Gasteiger partial charge in [0.2, 0.25) is 5.89 Å².